The molecule has 1 saturated heterocycles. The zero-order chi connectivity index (χ0) is 11.2. The van der Waals surface area contributed by atoms with Crippen molar-refractivity contribution in [3.05, 3.63) is 24.3 Å². The molecule has 1 fully saturated rings. The normalized spacial score (nSPS) is 17.2. The predicted molar refractivity (Wildman–Crippen MR) is 60.3 cm³/mol. The highest BCUT2D eigenvalue weighted by atomic mass is 16.1. The highest BCUT2D eigenvalue weighted by Crippen LogP contribution is 2.01. The van der Waals surface area contributed by atoms with Gasteiger partial charge in [0.05, 0.1) is 12.7 Å². The monoisotopic (exact) mass is 220 g/mol. The summed E-state index contributed by atoms with van der Waals surface area (Å²) in [6.45, 7) is 2.40. The third-order valence-electron chi connectivity index (χ3n) is 2.74. The number of carbonyl (C=O) groups is 1. The molecule has 0 amide bonds. The molecular formula is C11H16N4O. The van der Waals surface area contributed by atoms with Gasteiger partial charge in [-0.05, 0) is 25.9 Å². The molecule has 1 aliphatic heterocycles. The van der Waals surface area contributed by atoms with Crippen LogP contribution in [0.3, 0.4) is 0 Å². The summed E-state index contributed by atoms with van der Waals surface area (Å²) < 4.78 is 0. The lowest BCUT2D eigenvalue weighted by Crippen LogP contribution is -2.42. The number of ketones is 1. The van der Waals surface area contributed by atoms with E-state index in [-0.39, 0.29) is 5.78 Å². The standard InChI is InChI=1S/C11H16N4O/c16-11(10-7-13-5-6-14-10)8-15-9-1-3-12-4-2-9/h5-7,9,12,15H,1-4,8H2. The maximum atomic E-state index is 11.7. The summed E-state index contributed by atoms with van der Waals surface area (Å²) in [5.74, 6) is 0.00614. The van der Waals surface area contributed by atoms with E-state index < -0.39 is 0 Å². The molecule has 16 heavy (non-hydrogen) atoms. The quantitative estimate of drug-likeness (QED) is 0.699. The first-order chi connectivity index (χ1) is 7.86. The van der Waals surface area contributed by atoms with Gasteiger partial charge in [0.25, 0.3) is 0 Å². The first-order valence-corrected chi connectivity index (χ1v) is 5.59. The lowest BCUT2D eigenvalue weighted by Gasteiger charge is -2.23. The fourth-order valence-corrected chi connectivity index (χ4v) is 1.80. The average molecular weight is 220 g/mol. The fourth-order valence-electron chi connectivity index (χ4n) is 1.80. The van der Waals surface area contributed by atoms with Crippen LogP contribution in [0, 0.1) is 0 Å². The summed E-state index contributed by atoms with van der Waals surface area (Å²) in [7, 11) is 0. The van der Waals surface area contributed by atoms with Crippen molar-refractivity contribution >= 4 is 5.78 Å². The van der Waals surface area contributed by atoms with E-state index in [1.54, 1.807) is 6.20 Å². The topological polar surface area (TPSA) is 66.9 Å². The zero-order valence-corrected chi connectivity index (χ0v) is 9.15. The number of Topliss-reactive ketones (excluding diaryl/α,β-unsaturated/α-hetero) is 1. The van der Waals surface area contributed by atoms with E-state index in [9.17, 15) is 4.79 Å². The van der Waals surface area contributed by atoms with Gasteiger partial charge < -0.3 is 10.6 Å². The Bertz CT molecular complexity index is 335. The molecule has 0 saturated carbocycles. The van der Waals surface area contributed by atoms with Gasteiger partial charge in [-0.15, -0.1) is 0 Å². The molecule has 2 rings (SSSR count). The predicted octanol–water partition coefficient (Wildman–Crippen LogP) is 0.000900. The summed E-state index contributed by atoms with van der Waals surface area (Å²) in [4.78, 5) is 19.6. The third-order valence-corrected chi connectivity index (χ3v) is 2.74. The van der Waals surface area contributed by atoms with E-state index in [0.717, 1.165) is 25.9 Å². The molecule has 0 aliphatic carbocycles. The second-order valence-corrected chi connectivity index (χ2v) is 3.92. The molecular weight excluding hydrogens is 204 g/mol. The van der Waals surface area contributed by atoms with Crippen molar-refractivity contribution in [2.45, 2.75) is 18.9 Å². The average Bonchev–Trinajstić information content (AvgIpc) is 2.38. The van der Waals surface area contributed by atoms with Crippen LogP contribution >= 0.6 is 0 Å². The van der Waals surface area contributed by atoms with E-state index in [4.69, 9.17) is 0 Å². The number of nitrogens with zero attached hydrogens (tertiary/aromatic N) is 2. The number of hydrogen-bond acceptors (Lipinski definition) is 5. The van der Waals surface area contributed by atoms with Gasteiger partial charge in [0.15, 0.2) is 5.78 Å². The molecule has 86 valence electrons. The van der Waals surface area contributed by atoms with Crippen LogP contribution in [-0.4, -0.2) is 41.4 Å². The first kappa shape index (κ1) is 11.2. The first-order valence-electron chi connectivity index (χ1n) is 5.59. The molecule has 5 nitrogen and oxygen atoms in total. The van der Waals surface area contributed by atoms with E-state index >= 15 is 0 Å². The van der Waals surface area contributed by atoms with Crippen LogP contribution in [0.15, 0.2) is 18.6 Å². The Kier molecular flexibility index (Phi) is 3.96. The summed E-state index contributed by atoms with van der Waals surface area (Å²) in [5.41, 5.74) is 0.434. The summed E-state index contributed by atoms with van der Waals surface area (Å²) in [6.07, 6.45) is 6.77. The number of aromatic nitrogens is 2. The molecule has 0 bridgehead atoms. The highest BCUT2D eigenvalue weighted by molar-refractivity contribution is 5.95. The van der Waals surface area contributed by atoms with Crippen molar-refractivity contribution in [2.24, 2.45) is 0 Å². The van der Waals surface area contributed by atoms with Gasteiger partial charge in [0, 0.05) is 18.4 Å². The fraction of sp³-hybridized carbons (Fsp3) is 0.545. The number of hydrogen-bond donors (Lipinski definition) is 2. The van der Waals surface area contributed by atoms with Gasteiger partial charge in [-0.1, -0.05) is 0 Å². The zero-order valence-electron chi connectivity index (χ0n) is 9.15. The SMILES string of the molecule is O=C(CNC1CCNCC1)c1cnccn1. The van der Waals surface area contributed by atoms with Crippen molar-refractivity contribution in [1.82, 2.24) is 20.6 Å². The highest BCUT2D eigenvalue weighted by Gasteiger charge is 2.14. The molecule has 1 aliphatic rings. The molecule has 0 unspecified atom stereocenters. The Hall–Kier alpha value is -1.33. The van der Waals surface area contributed by atoms with Crippen molar-refractivity contribution < 1.29 is 4.79 Å². The smallest absolute Gasteiger partial charge is 0.196 e. The Morgan fingerprint density at radius 1 is 1.44 bits per heavy atom. The molecule has 0 radical (unpaired) electrons. The molecule has 2 heterocycles. The third kappa shape index (κ3) is 3.08. The van der Waals surface area contributed by atoms with Crippen LogP contribution in [0.2, 0.25) is 0 Å². The minimum Gasteiger partial charge on any atom is -0.317 e. The lowest BCUT2D eigenvalue weighted by molar-refractivity contribution is 0.0980. The van der Waals surface area contributed by atoms with Gasteiger partial charge in [-0.3, -0.25) is 9.78 Å². The maximum absolute atomic E-state index is 11.7. The minimum absolute atomic E-state index is 0.00614. The van der Waals surface area contributed by atoms with Gasteiger partial charge in [0.1, 0.15) is 5.69 Å². The Balaban J connectivity index is 1.79. The Labute approximate surface area is 94.7 Å². The van der Waals surface area contributed by atoms with Crippen LogP contribution in [0.1, 0.15) is 23.3 Å². The summed E-state index contributed by atoms with van der Waals surface area (Å²) >= 11 is 0. The van der Waals surface area contributed by atoms with E-state index in [1.165, 1.54) is 12.4 Å². The van der Waals surface area contributed by atoms with Crippen molar-refractivity contribution in [3.63, 3.8) is 0 Å². The molecule has 2 N–H and O–H groups in total. The minimum atomic E-state index is 0.00614. The summed E-state index contributed by atoms with van der Waals surface area (Å²) in [6, 6.07) is 0.446. The number of piperidine rings is 1. The van der Waals surface area contributed by atoms with Crippen LogP contribution in [0.25, 0.3) is 0 Å². The molecule has 1 aromatic heterocycles. The Morgan fingerprint density at radius 2 is 2.25 bits per heavy atom. The lowest BCUT2D eigenvalue weighted by atomic mass is 10.1. The van der Waals surface area contributed by atoms with Crippen molar-refractivity contribution in [2.75, 3.05) is 19.6 Å². The van der Waals surface area contributed by atoms with Gasteiger partial charge >= 0.3 is 0 Å². The van der Waals surface area contributed by atoms with E-state index in [1.807, 2.05) is 0 Å². The molecule has 0 atom stereocenters. The Morgan fingerprint density at radius 3 is 2.94 bits per heavy atom. The second kappa shape index (κ2) is 5.67. The second-order valence-electron chi connectivity index (χ2n) is 3.92. The van der Waals surface area contributed by atoms with Gasteiger partial charge in [-0.25, -0.2) is 4.98 Å². The molecule has 0 aromatic carbocycles. The molecule has 1 aromatic rings. The largest absolute Gasteiger partial charge is 0.317 e. The van der Waals surface area contributed by atoms with E-state index in [2.05, 4.69) is 20.6 Å². The number of nitrogens with one attached hydrogen (secondary N) is 2. The van der Waals surface area contributed by atoms with Crippen molar-refractivity contribution in [1.29, 1.82) is 0 Å². The van der Waals surface area contributed by atoms with Crippen LogP contribution in [0.4, 0.5) is 0 Å². The van der Waals surface area contributed by atoms with Gasteiger partial charge in [-0.2, -0.15) is 0 Å². The van der Waals surface area contributed by atoms with Crippen LogP contribution < -0.4 is 10.6 Å². The number of rotatable bonds is 4. The summed E-state index contributed by atoms with van der Waals surface area (Å²) in [5, 5.41) is 6.55. The van der Waals surface area contributed by atoms with Gasteiger partial charge in [0.2, 0.25) is 0 Å². The molecule has 5 heteroatoms. The van der Waals surface area contributed by atoms with Crippen LogP contribution in [0.5, 0.6) is 0 Å². The van der Waals surface area contributed by atoms with Crippen LogP contribution in [-0.2, 0) is 0 Å². The number of carbonyl (C=O) groups excluding carboxylic acids is 1. The van der Waals surface area contributed by atoms with E-state index in [0.29, 0.717) is 18.3 Å². The molecule has 0 spiro atoms. The maximum Gasteiger partial charge on any atom is 0.196 e. The van der Waals surface area contributed by atoms with Crippen molar-refractivity contribution in [3.8, 4) is 0 Å².